The summed E-state index contributed by atoms with van der Waals surface area (Å²) in [5, 5.41) is 4.08. The van der Waals surface area contributed by atoms with Crippen molar-refractivity contribution < 1.29 is 9.53 Å². The van der Waals surface area contributed by atoms with Crippen LogP contribution < -0.4 is 5.73 Å². The van der Waals surface area contributed by atoms with Crippen molar-refractivity contribution in [1.29, 1.82) is 0 Å². The number of aromatic nitrogens is 3. The molecule has 94 valence electrons. The standard InChI is InChI=1S/C12H14N4O2/c1-8(9-3-5-10(13)6-4-9)16-7-14-11(15-16)12(17)18-2/h3-8H,13H2,1-2H3. The topological polar surface area (TPSA) is 83.0 Å². The molecule has 0 spiro atoms. The summed E-state index contributed by atoms with van der Waals surface area (Å²) in [6.45, 7) is 1.96. The van der Waals surface area contributed by atoms with E-state index in [0.29, 0.717) is 5.69 Å². The molecule has 1 heterocycles. The molecule has 1 unspecified atom stereocenters. The Balaban J connectivity index is 2.23. The number of hydrogen-bond acceptors (Lipinski definition) is 5. The van der Waals surface area contributed by atoms with Crippen molar-refractivity contribution in [1.82, 2.24) is 14.8 Å². The highest BCUT2D eigenvalue weighted by atomic mass is 16.5. The molecule has 18 heavy (non-hydrogen) atoms. The molecule has 6 heteroatoms. The molecule has 1 aromatic heterocycles. The van der Waals surface area contributed by atoms with Gasteiger partial charge in [-0.15, -0.1) is 5.10 Å². The third-order valence-electron chi connectivity index (χ3n) is 2.69. The number of hydrogen-bond donors (Lipinski definition) is 1. The molecule has 2 rings (SSSR count). The Bertz CT molecular complexity index is 547. The summed E-state index contributed by atoms with van der Waals surface area (Å²) < 4.78 is 6.17. The smallest absolute Gasteiger partial charge is 0.377 e. The van der Waals surface area contributed by atoms with Crippen molar-refractivity contribution in [2.45, 2.75) is 13.0 Å². The Morgan fingerprint density at radius 1 is 1.39 bits per heavy atom. The molecule has 0 radical (unpaired) electrons. The first-order valence-corrected chi connectivity index (χ1v) is 5.46. The lowest BCUT2D eigenvalue weighted by molar-refractivity contribution is 0.0586. The highest BCUT2D eigenvalue weighted by Crippen LogP contribution is 2.17. The number of ether oxygens (including phenoxy) is 1. The number of carbonyl (C=O) groups is 1. The molecule has 2 N–H and O–H groups in total. The van der Waals surface area contributed by atoms with Gasteiger partial charge in [0.05, 0.1) is 13.2 Å². The van der Waals surface area contributed by atoms with Crippen LogP contribution in [0.2, 0.25) is 0 Å². The fourth-order valence-electron chi connectivity index (χ4n) is 1.57. The lowest BCUT2D eigenvalue weighted by atomic mass is 10.1. The quantitative estimate of drug-likeness (QED) is 0.651. The van der Waals surface area contributed by atoms with E-state index < -0.39 is 5.97 Å². The molecule has 0 aliphatic heterocycles. The van der Waals surface area contributed by atoms with Gasteiger partial charge >= 0.3 is 5.97 Å². The predicted octanol–water partition coefficient (Wildman–Crippen LogP) is 1.26. The minimum atomic E-state index is -0.543. The SMILES string of the molecule is COC(=O)c1ncn(C(C)c2ccc(N)cc2)n1. The first-order chi connectivity index (χ1) is 8.61. The molecule has 0 amide bonds. The molecule has 0 aliphatic carbocycles. The summed E-state index contributed by atoms with van der Waals surface area (Å²) in [5.41, 5.74) is 7.37. The molecule has 1 atom stereocenters. The minimum absolute atomic E-state index is 0.0310. The van der Waals surface area contributed by atoms with Crippen molar-refractivity contribution in [2.24, 2.45) is 0 Å². The maximum atomic E-state index is 11.3. The lowest BCUT2D eigenvalue weighted by Crippen LogP contribution is -2.10. The van der Waals surface area contributed by atoms with Gasteiger partial charge in [-0.2, -0.15) is 0 Å². The van der Waals surface area contributed by atoms with Gasteiger partial charge in [-0.25, -0.2) is 14.5 Å². The van der Waals surface area contributed by atoms with Gasteiger partial charge in [0, 0.05) is 5.69 Å². The molecular weight excluding hydrogens is 232 g/mol. The van der Waals surface area contributed by atoms with Crippen LogP contribution in [0.25, 0.3) is 0 Å². The van der Waals surface area contributed by atoms with Crippen molar-refractivity contribution >= 4 is 11.7 Å². The highest BCUT2D eigenvalue weighted by Gasteiger charge is 2.15. The Hall–Kier alpha value is -2.37. The number of nitrogen functional groups attached to an aromatic ring is 1. The first-order valence-electron chi connectivity index (χ1n) is 5.46. The summed E-state index contributed by atoms with van der Waals surface area (Å²) in [4.78, 5) is 15.2. The molecule has 2 aromatic rings. The number of nitrogens with two attached hydrogens (primary N) is 1. The van der Waals surface area contributed by atoms with Crippen LogP contribution in [0.15, 0.2) is 30.6 Å². The molecule has 0 fully saturated rings. The molecule has 0 bridgehead atoms. The Morgan fingerprint density at radius 3 is 2.67 bits per heavy atom. The van der Waals surface area contributed by atoms with E-state index in [-0.39, 0.29) is 11.9 Å². The fraction of sp³-hybridized carbons (Fsp3) is 0.250. The second-order valence-electron chi connectivity index (χ2n) is 3.88. The largest absolute Gasteiger partial charge is 0.463 e. The van der Waals surface area contributed by atoms with E-state index in [1.807, 2.05) is 31.2 Å². The second kappa shape index (κ2) is 4.87. The van der Waals surface area contributed by atoms with Gasteiger partial charge in [0.25, 0.3) is 5.82 Å². The normalized spacial score (nSPS) is 12.1. The minimum Gasteiger partial charge on any atom is -0.463 e. The number of rotatable bonds is 3. The van der Waals surface area contributed by atoms with Gasteiger partial charge in [-0.05, 0) is 24.6 Å². The zero-order valence-corrected chi connectivity index (χ0v) is 10.2. The van der Waals surface area contributed by atoms with Crippen molar-refractivity contribution in [3.8, 4) is 0 Å². The second-order valence-corrected chi connectivity index (χ2v) is 3.88. The van der Waals surface area contributed by atoms with Crippen LogP contribution in [-0.2, 0) is 4.74 Å². The average molecular weight is 246 g/mol. The van der Waals surface area contributed by atoms with E-state index in [2.05, 4.69) is 14.8 Å². The third kappa shape index (κ3) is 2.32. The molecule has 1 aromatic carbocycles. The van der Waals surface area contributed by atoms with E-state index in [9.17, 15) is 4.79 Å². The number of esters is 1. The van der Waals surface area contributed by atoms with E-state index in [1.54, 1.807) is 4.68 Å². The lowest BCUT2D eigenvalue weighted by Gasteiger charge is -2.11. The van der Waals surface area contributed by atoms with Crippen LogP contribution in [0.1, 0.15) is 29.1 Å². The third-order valence-corrected chi connectivity index (χ3v) is 2.69. The van der Waals surface area contributed by atoms with Gasteiger partial charge in [-0.3, -0.25) is 0 Å². The Kier molecular flexibility index (Phi) is 3.27. The van der Waals surface area contributed by atoms with E-state index in [1.165, 1.54) is 13.4 Å². The number of methoxy groups -OCH3 is 1. The number of benzene rings is 1. The molecule has 0 saturated carbocycles. The van der Waals surface area contributed by atoms with E-state index in [4.69, 9.17) is 5.73 Å². The van der Waals surface area contributed by atoms with Crippen LogP contribution >= 0.6 is 0 Å². The van der Waals surface area contributed by atoms with Crippen LogP contribution in [0.4, 0.5) is 5.69 Å². The molecule has 0 saturated heterocycles. The monoisotopic (exact) mass is 246 g/mol. The maximum Gasteiger partial charge on any atom is 0.377 e. The maximum absolute atomic E-state index is 11.3. The number of anilines is 1. The van der Waals surface area contributed by atoms with Crippen molar-refractivity contribution in [2.75, 3.05) is 12.8 Å². The van der Waals surface area contributed by atoms with E-state index in [0.717, 1.165) is 5.56 Å². The van der Waals surface area contributed by atoms with Gasteiger partial charge in [0.15, 0.2) is 0 Å². The van der Waals surface area contributed by atoms with Gasteiger partial charge < -0.3 is 10.5 Å². The Morgan fingerprint density at radius 2 is 2.06 bits per heavy atom. The van der Waals surface area contributed by atoms with Crippen molar-refractivity contribution in [3.05, 3.63) is 42.0 Å². The average Bonchev–Trinajstić information content (AvgIpc) is 2.87. The van der Waals surface area contributed by atoms with Gasteiger partial charge in [-0.1, -0.05) is 12.1 Å². The fourth-order valence-corrected chi connectivity index (χ4v) is 1.57. The molecule has 6 nitrogen and oxygen atoms in total. The van der Waals surface area contributed by atoms with Gasteiger partial charge in [0.1, 0.15) is 6.33 Å². The highest BCUT2D eigenvalue weighted by molar-refractivity contribution is 5.84. The van der Waals surface area contributed by atoms with Crippen molar-refractivity contribution in [3.63, 3.8) is 0 Å². The van der Waals surface area contributed by atoms with Crippen LogP contribution in [0.5, 0.6) is 0 Å². The zero-order valence-electron chi connectivity index (χ0n) is 10.2. The van der Waals surface area contributed by atoms with E-state index >= 15 is 0 Å². The first kappa shape index (κ1) is 12.1. The Labute approximate surface area is 104 Å². The predicted molar refractivity (Wildman–Crippen MR) is 66.0 cm³/mol. The van der Waals surface area contributed by atoms with Crippen LogP contribution in [-0.4, -0.2) is 27.8 Å². The van der Waals surface area contributed by atoms with Gasteiger partial charge in [0.2, 0.25) is 0 Å². The zero-order chi connectivity index (χ0) is 13.1. The molecule has 0 aliphatic rings. The number of carbonyl (C=O) groups excluding carboxylic acids is 1. The summed E-state index contributed by atoms with van der Waals surface area (Å²) in [7, 11) is 1.30. The molecular formula is C12H14N4O2. The van der Waals surface area contributed by atoms with Crippen LogP contribution in [0, 0.1) is 0 Å². The summed E-state index contributed by atoms with van der Waals surface area (Å²) in [6, 6.07) is 7.45. The summed E-state index contributed by atoms with van der Waals surface area (Å²) >= 11 is 0. The summed E-state index contributed by atoms with van der Waals surface area (Å²) in [5.74, 6) is -0.488. The van der Waals surface area contributed by atoms with Crippen LogP contribution in [0.3, 0.4) is 0 Å². The summed E-state index contributed by atoms with van der Waals surface area (Å²) in [6.07, 6.45) is 1.51. The number of nitrogens with zero attached hydrogens (tertiary/aromatic N) is 3.